The molecule has 148 valence electrons. The molecule has 1 aromatic heterocycles. The van der Waals surface area contributed by atoms with Gasteiger partial charge in [0, 0.05) is 30.0 Å². The Labute approximate surface area is 170 Å². The molecule has 1 aromatic carbocycles. The van der Waals surface area contributed by atoms with Gasteiger partial charge in [0.25, 0.3) is 0 Å². The Morgan fingerprint density at radius 1 is 1.18 bits per heavy atom. The van der Waals surface area contributed by atoms with Crippen molar-refractivity contribution in [3.8, 4) is 11.3 Å². The van der Waals surface area contributed by atoms with Crippen LogP contribution in [0.15, 0.2) is 17.5 Å². The maximum atomic E-state index is 12.7. The van der Waals surface area contributed by atoms with Crippen molar-refractivity contribution in [2.75, 3.05) is 11.9 Å². The fourth-order valence-electron chi connectivity index (χ4n) is 4.71. The van der Waals surface area contributed by atoms with Crippen LogP contribution in [0.25, 0.3) is 11.3 Å². The van der Waals surface area contributed by atoms with Crippen LogP contribution in [0.3, 0.4) is 0 Å². The molecule has 2 heterocycles. The molecule has 0 unspecified atom stereocenters. The summed E-state index contributed by atoms with van der Waals surface area (Å²) in [6.45, 7) is 6.82. The van der Waals surface area contributed by atoms with Gasteiger partial charge in [0.2, 0.25) is 11.8 Å². The number of hydrogen-bond donors (Lipinski definition) is 1. The molecule has 1 saturated carbocycles. The zero-order chi connectivity index (χ0) is 19.8. The second-order valence-corrected chi connectivity index (χ2v) is 9.04. The molecule has 28 heavy (non-hydrogen) atoms. The van der Waals surface area contributed by atoms with Gasteiger partial charge in [0.05, 0.1) is 11.6 Å². The lowest BCUT2D eigenvalue weighted by atomic mass is 9.98. The number of nitrogens with zero attached hydrogens (tertiary/aromatic N) is 2. The Kier molecular flexibility index (Phi) is 5.23. The second-order valence-electron chi connectivity index (χ2n) is 8.19. The molecule has 2 aliphatic rings. The number of anilines is 1. The SMILES string of the molecule is Cc1cc(C)c(-c2csc(NC(=O)[C@H]3CC(=O)N(C4CCCC4)C3)n2)c(C)c1. The summed E-state index contributed by atoms with van der Waals surface area (Å²) in [7, 11) is 0. The molecule has 1 saturated heterocycles. The molecular weight excluding hydrogens is 370 g/mol. The first-order valence-electron chi connectivity index (χ1n) is 10.1. The molecule has 1 aliphatic heterocycles. The number of aryl methyl sites for hydroxylation is 3. The van der Waals surface area contributed by atoms with Gasteiger partial charge in [-0.3, -0.25) is 9.59 Å². The molecule has 1 N–H and O–H groups in total. The lowest BCUT2D eigenvalue weighted by Gasteiger charge is -2.23. The van der Waals surface area contributed by atoms with Crippen molar-refractivity contribution >= 4 is 28.3 Å². The molecule has 2 fully saturated rings. The summed E-state index contributed by atoms with van der Waals surface area (Å²) in [5.74, 6) is -0.242. The van der Waals surface area contributed by atoms with Crippen LogP contribution in [0.5, 0.6) is 0 Å². The Bertz CT molecular complexity index is 891. The van der Waals surface area contributed by atoms with Crippen molar-refractivity contribution < 1.29 is 9.59 Å². The molecule has 2 aromatic rings. The Morgan fingerprint density at radius 3 is 2.54 bits per heavy atom. The summed E-state index contributed by atoms with van der Waals surface area (Å²) in [5, 5.41) is 5.54. The van der Waals surface area contributed by atoms with E-state index in [1.54, 1.807) is 0 Å². The highest BCUT2D eigenvalue weighted by Gasteiger charge is 2.38. The van der Waals surface area contributed by atoms with Crippen LogP contribution in [0.1, 0.15) is 48.8 Å². The van der Waals surface area contributed by atoms with Gasteiger partial charge in [-0.2, -0.15) is 0 Å². The molecule has 4 rings (SSSR count). The molecule has 0 bridgehead atoms. The minimum absolute atomic E-state index is 0.0907. The predicted octanol–water partition coefficient (Wildman–Crippen LogP) is 4.46. The van der Waals surface area contributed by atoms with Crippen LogP contribution in [-0.4, -0.2) is 34.3 Å². The first kappa shape index (κ1) is 19.1. The van der Waals surface area contributed by atoms with Crippen molar-refractivity contribution in [3.63, 3.8) is 0 Å². The molecule has 1 aliphatic carbocycles. The minimum Gasteiger partial charge on any atom is -0.339 e. The molecule has 6 heteroatoms. The van der Waals surface area contributed by atoms with E-state index >= 15 is 0 Å². The molecule has 1 atom stereocenters. The number of carbonyl (C=O) groups excluding carboxylic acids is 2. The van der Waals surface area contributed by atoms with Gasteiger partial charge < -0.3 is 10.2 Å². The van der Waals surface area contributed by atoms with Crippen LogP contribution < -0.4 is 5.32 Å². The van der Waals surface area contributed by atoms with Gasteiger partial charge in [-0.1, -0.05) is 30.5 Å². The average Bonchev–Trinajstić information content (AvgIpc) is 3.34. The van der Waals surface area contributed by atoms with E-state index in [0.717, 1.165) is 24.1 Å². The highest BCUT2D eigenvalue weighted by atomic mass is 32.1. The van der Waals surface area contributed by atoms with E-state index in [2.05, 4.69) is 43.2 Å². The van der Waals surface area contributed by atoms with Crippen LogP contribution in [0.4, 0.5) is 5.13 Å². The van der Waals surface area contributed by atoms with Crippen LogP contribution >= 0.6 is 11.3 Å². The smallest absolute Gasteiger partial charge is 0.231 e. The monoisotopic (exact) mass is 397 g/mol. The third-order valence-electron chi connectivity index (χ3n) is 5.96. The van der Waals surface area contributed by atoms with E-state index < -0.39 is 0 Å². The van der Waals surface area contributed by atoms with Crippen molar-refractivity contribution in [2.45, 2.75) is 58.9 Å². The average molecular weight is 398 g/mol. The number of likely N-dealkylation sites (tertiary alicyclic amines) is 1. The van der Waals surface area contributed by atoms with E-state index in [1.165, 1.54) is 40.9 Å². The first-order valence-corrected chi connectivity index (χ1v) is 10.9. The highest BCUT2D eigenvalue weighted by Crippen LogP contribution is 2.33. The molecule has 2 amide bonds. The van der Waals surface area contributed by atoms with E-state index in [4.69, 9.17) is 0 Å². The number of carbonyl (C=O) groups is 2. The second kappa shape index (κ2) is 7.66. The standard InChI is InChI=1S/C22H27N3O2S/c1-13-8-14(2)20(15(3)9-13)18-12-28-22(23-18)24-21(27)16-10-19(26)25(11-16)17-6-4-5-7-17/h8-9,12,16-17H,4-7,10-11H2,1-3H3,(H,23,24,27)/t16-/m0/s1. The van der Waals surface area contributed by atoms with Gasteiger partial charge in [-0.15, -0.1) is 11.3 Å². The summed E-state index contributed by atoms with van der Waals surface area (Å²) in [5.41, 5.74) is 5.64. The molecule has 0 spiro atoms. The van der Waals surface area contributed by atoms with Crippen LogP contribution in [-0.2, 0) is 9.59 Å². The molecule has 0 radical (unpaired) electrons. The van der Waals surface area contributed by atoms with Crippen molar-refractivity contribution in [1.29, 1.82) is 0 Å². The third-order valence-corrected chi connectivity index (χ3v) is 6.72. The van der Waals surface area contributed by atoms with Crippen molar-refractivity contribution in [1.82, 2.24) is 9.88 Å². The maximum Gasteiger partial charge on any atom is 0.231 e. The number of thiazole rings is 1. The Morgan fingerprint density at radius 2 is 1.86 bits per heavy atom. The fourth-order valence-corrected chi connectivity index (χ4v) is 5.42. The van der Waals surface area contributed by atoms with Crippen LogP contribution in [0, 0.1) is 26.7 Å². The van der Waals surface area contributed by atoms with Gasteiger partial charge in [0.15, 0.2) is 5.13 Å². The summed E-state index contributed by atoms with van der Waals surface area (Å²) in [4.78, 5) is 31.7. The lowest BCUT2D eigenvalue weighted by Crippen LogP contribution is -2.35. The summed E-state index contributed by atoms with van der Waals surface area (Å²) in [6, 6.07) is 4.65. The number of hydrogen-bond acceptors (Lipinski definition) is 4. The summed E-state index contributed by atoms with van der Waals surface area (Å²) >= 11 is 1.44. The van der Waals surface area contributed by atoms with Crippen LogP contribution in [0.2, 0.25) is 0 Å². The maximum absolute atomic E-state index is 12.7. The lowest BCUT2D eigenvalue weighted by molar-refractivity contribution is -0.129. The molecular formula is C22H27N3O2S. The van der Waals surface area contributed by atoms with Crippen molar-refractivity contribution in [2.24, 2.45) is 5.92 Å². The predicted molar refractivity (Wildman–Crippen MR) is 112 cm³/mol. The summed E-state index contributed by atoms with van der Waals surface area (Å²) < 4.78 is 0. The summed E-state index contributed by atoms with van der Waals surface area (Å²) in [6.07, 6.45) is 4.84. The van der Waals surface area contributed by atoms with Crippen molar-refractivity contribution in [3.05, 3.63) is 34.2 Å². The Balaban J connectivity index is 1.44. The highest BCUT2D eigenvalue weighted by molar-refractivity contribution is 7.14. The first-order chi connectivity index (χ1) is 13.4. The van der Waals surface area contributed by atoms with E-state index in [-0.39, 0.29) is 17.7 Å². The topological polar surface area (TPSA) is 62.3 Å². The Hall–Kier alpha value is -2.21. The zero-order valence-corrected chi connectivity index (χ0v) is 17.6. The largest absolute Gasteiger partial charge is 0.339 e. The molecule has 5 nitrogen and oxygen atoms in total. The van der Waals surface area contributed by atoms with E-state index in [9.17, 15) is 9.59 Å². The van der Waals surface area contributed by atoms with Gasteiger partial charge in [-0.25, -0.2) is 4.98 Å². The van der Waals surface area contributed by atoms with Gasteiger partial charge >= 0.3 is 0 Å². The number of rotatable bonds is 4. The number of benzene rings is 1. The number of nitrogens with one attached hydrogen (secondary N) is 1. The third kappa shape index (κ3) is 3.70. The number of amides is 2. The van der Waals surface area contributed by atoms with E-state index in [1.807, 2.05) is 10.3 Å². The van der Waals surface area contributed by atoms with Gasteiger partial charge in [0.1, 0.15) is 0 Å². The quantitative estimate of drug-likeness (QED) is 0.828. The van der Waals surface area contributed by atoms with E-state index in [0.29, 0.717) is 24.1 Å². The zero-order valence-electron chi connectivity index (χ0n) is 16.7. The fraction of sp³-hybridized carbons (Fsp3) is 0.500. The minimum atomic E-state index is -0.275. The number of aromatic nitrogens is 1. The normalized spacial score (nSPS) is 20.2. The van der Waals surface area contributed by atoms with Gasteiger partial charge in [-0.05, 0) is 44.7 Å².